The summed E-state index contributed by atoms with van der Waals surface area (Å²) in [6.07, 6.45) is 0. The Kier molecular flexibility index (Phi) is 4.08. The van der Waals surface area contributed by atoms with Gasteiger partial charge in [-0.3, -0.25) is 14.4 Å². The highest BCUT2D eigenvalue weighted by Crippen LogP contribution is 2.22. The molecular weight excluding hydrogens is 258 g/mol. The van der Waals surface area contributed by atoms with E-state index in [9.17, 15) is 14.4 Å². The van der Waals surface area contributed by atoms with E-state index in [-0.39, 0.29) is 0 Å². The molecule has 0 aromatic heterocycles. The highest BCUT2D eigenvalue weighted by atomic mass is 35.5. The van der Waals surface area contributed by atoms with Crippen molar-refractivity contribution in [3.8, 4) is 0 Å². The third-order valence-corrected chi connectivity index (χ3v) is 2.94. The van der Waals surface area contributed by atoms with E-state index in [1.807, 2.05) is 0 Å². The van der Waals surface area contributed by atoms with Crippen LogP contribution in [0.1, 0.15) is 13.8 Å². The monoisotopic (exact) mass is 269 g/mol. The molecule has 0 bridgehead atoms. The van der Waals surface area contributed by atoms with Gasteiger partial charge in [-0.25, -0.2) is 0 Å². The minimum atomic E-state index is -2.10. The molecule has 1 aromatic rings. The lowest BCUT2D eigenvalue weighted by atomic mass is 9.85. The number of aliphatic carboxylic acids is 1. The van der Waals surface area contributed by atoms with Crippen LogP contribution in [0, 0.1) is 5.41 Å². The van der Waals surface area contributed by atoms with Crippen LogP contribution in [0.3, 0.4) is 0 Å². The molecule has 0 heterocycles. The third-order valence-electron chi connectivity index (χ3n) is 2.69. The molecule has 0 aliphatic heterocycles. The van der Waals surface area contributed by atoms with Crippen molar-refractivity contribution >= 4 is 34.9 Å². The zero-order valence-electron chi connectivity index (χ0n) is 9.86. The first-order valence-corrected chi connectivity index (χ1v) is 5.47. The van der Waals surface area contributed by atoms with Gasteiger partial charge in [-0.2, -0.15) is 0 Å². The summed E-state index contributed by atoms with van der Waals surface area (Å²) in [6.45, 7) is 2.14. The van der Waals surface area contributed by atoms with Gasteiger partial charge in [0.2, 0.25) is 11.3 Å². The zero-order chi connectivity index (χ0) is 13.9. The highest BCUT2D eigenvalue weighted by molar-refractivity contribution is 6.30. The van der Waals surface area contributed by atoms with Gasteiger partial charge in [0.05, 0.1) is 0 Å². The average molecular weight is 270 g/mol. The second-order valence-electron chi connectivity index (χ2n) is 3.95. The number of halogens is 1. The molecule has 1 rings (SSSR count). The number of hydrogen-bond donors (Lipinski definition) is 2. The van der Waals surface area contributed by atoms with Crippen molar-refractivity contribution < 1.29 is 19.5 Å². The van der Waals surface area contributed by atoms with Crippen LogP contribution in [-0.2, 0) is 14.4 Å². The SMILES string of the molecule is CC(=O)C(C)(C(=O)O)C(=O)Nc1ccc(Cl)cc1. The molecule has 0 spiro atoms. The molecule has 1 atom stereocenters. The van der Waals surface area contributed by atoms with Gasteiger partial charge < -0.3 is 10.4 Å². The van der Waals surface area contributed by atoms with Crippen molar-refractivity contribution in [2.45, 2.75) is 13.8 Å². The number of carbonyl (C=O) groups is 3. The number of benzene rings is 1. The van der Waals surface area contributed by atoms with Gasteiger partial charge in [0.1, 0.15) is 0 Å². The molecule has 96 valence electrons. The minimum Gasteiger partial charge on any atom is -0.480 e. The first kappa shape index (κ1) is 14.2. The van der Waals surface area contributed by atoms with Crippen LogP contribution in [0.25, 0.3) is 0 Å². The Balaban J connectivity index is 2.96. The van der Waals surface area contributed by atoms with E-state index in [0.29, 0.717) is 10.7 Å². The first-order chi connectivity index (χ1) is 8.28. The van der Waals surface area contributed by atoms with E-state index < -0.39 is 23.1 Å². The third kappa shape index (κ3) is 2.68. The number of carboxylic acids is 1. The van der Waals surface area contributed by atoms with E-state index in [1.165, 1.54) is 12.1 Å². The van der Waals surface area contributed by atoms with Crippen LogP contribution >= 0.6 is 11.6 Å². The molecule has 5 nitrogen and oxygen atoms in total. The summed E-state index contributed by atoms with van der Waals surface area (Å²) < 4.78 is 0. The van der Waals surface area contributed by atoms with Gasteiger partial charge in [-0.15, -0.1) is 0 Å². The minimum absolute atomic E-state index is 0.373. The highest BCUT2D eigenvalue weighted by Gasteiger charge is 2.46. The second kappa shape index (κ2) is 5.18. The Morgan fingerprint density at radius 1 is 1.22 bits per heavy atom. The van der Waals surface area contributed by atoms with Gasteiger partial charge in [0.15, 0.2) is 5.78 Å². The summed E-state index contributed by atoms with van der Waals surface area (Å²) in [4.78, 5) is 34.2. The van der Waals surface area contributed by atoms with Crippen molar-refractivity contribution in [2.24, 2.45) is 5.41 Å². The van der Waals surface area contributed by atoms with E-state index in [2.05, 4.69) is 5.32 Å². The molecule has 1 unspecified atom stereocenters. The maximum atomic E-state index is 11.9. The number of nitrogens with one attached hydrogen (secondary N) is 1. The summed E-state index contributed by atoms with van der Waals surface area (Å²) >= 11 is 5.68. The van der Waals surface area contributed by atoms with E-state index in [0.717, 1.165) is 13.8 Å². The van der Waals surface area contributed by atoms with Gasteiger partial charge in [0, 0.05) is 10.7 Å². The molecule has 0 aliphatic carbocycles. The number of rotatable bonds is 4. The number of hydrogen-bond acceptors (Lipinski definition) is 3. The lowest BCUT2D eigenvalue weighted by molar-refractivity contribution is -0.157. The second-order valence-corrected chi connectivity index (χ2v) is 4.38. The normalized spacial score (nSPS) is 13.5. The summed E-state index contributed by atoms with van der Waals surface area (Å²) in [7, 11) is 0. The Labute approximate surface area is 109 Å². The van der Waals surface area contributed by atoms with Crippen molar-refractivity contribution in [1.29, 1.82) is 0 Å². The molecule has 0 fully saturated rings. The number of anilines is 1. The van der Waals surface area contributed by atoms with Crippen molar-refractivity contribution in [3.05, 3.63) is 29.3 Å². The Morgan fingerprint density at radius 2 is 1.72 bits per heavy atom. The number of amides is 1. The predicted octanol–water partition coefficient (Wildman–Crippen LogP) is 1.96. The van der Waals surface area contributed by atoms with E-state index >= 15 is 0 Å². The molecule has 0 saturated heterocycles. The summed E-state index contributed by atoms with van der Waals surface area (Å²) in [5.41, 5.74) is -1.72. The molecule has 0 saturated carbocycles. The number of Topliss-reactive ketones (excluding diaryl/α,β-unsaturated/α-hetero) is 1. The quantitative estimate of drug-likeness (QED) is 0.819. The summed E-state index contributed by atoms with van der Waals surface area (Å²) in [5, 5.41) is 11.9. The van der Waals surface area contributed by atoms with Gasteiger partial charge >= 0.3 is 5.97 Å². The van der Waals surface area contributed by atoms with Crippen LogP contribution in [0.4, 0.5) is 5.69 Å². The summed E-state index contributed by atoms with van der Waals surface area (Å²) in [5.74, 6) is -3.10. The number of carboxylic acid groups (broad SMARTS) is 1. The molecule has 6 heteroatoms. The van der Waals surface area contributed by atoms with Crippen LogP contribution in [0.2, 0.25) is 5.02 Å². The molecule has 0 aliphatic rings. The van der Waals surface area contributed by atoms with Gasteiger partial charge in [-0.1, -0.05) is 11.6 Å². The molecule has 1 amide bonds. The standard InChI is InChI=1S/C12H12ClNO4/c1-7(15)12(2,11(17)18)10(16)14-9-5-3-8(13)4-6-9/h3-6H,1-2H3,(H,14,16)(H,17,18). The van der Waals surface area contributed by atoms with E-state index in [4.69, 9.17) is 16.7 Å². The van der Waals surface area contributed by atoms with Gasteiger partial charge in [0.25, 0.3) is 0 Å². The fourth-order valence-corrected chi connectivity index (χ4v) is 1.32. The summed E-state index contributed by atoms with van der Waals surface area (Å²) in [6, 6.07) is 6.12. The van der Waals surface area contributed by atoms with Crippen LogP contribution in [0.5, 0.6) is 0 Å². The smallest absolute Gasteiger partial charge is 0.326 e. The first-order valence-electron chi connectivity index (χ1n) is 5.10. The molecule has 0 radical (unpaired) electrons. The lowest BCUT2D eigenvalue weighted by Gasteiger charge is -2.20. The topological polar surface area (TPSA) is 83.5 Å². The lowest BCUT2D eigenvalue weighted by Crippen LogP contribution is -2.45. The van der Waals surface area contributed by atoms with Crippen molar-refractivity contribution in [1.82, 2.24) is 0 Å². The van der Waals surface area contributed by atoms with Crippen LogP contribution < -0.4 is 5.32 Å². The molecule has 1 aromatic carbocycles. The van der Waals surface area contributed by atoms with E-state index in [1.54, 1.807) is 12.1 Å². The Morgan fingerprint density at radius 3 is 2.11 bits per heavy atom. The maximum Gasteiger partial charge on any atom is 0.326 e. The van der Waals surface area contributed by atoms with Crippen molar-refractivity contribution in [2.75, 3.05) is 5.32 Å². The maximum absolute atomic E-state index is 11.9. The van der Waals surface area contributed by atoms with Crippen LogP contribution in [0.15, 0.2) is 24.3 Å². The average Bonchev–Trinajstić information content (AvgIpc) is 2.30. The van der Waals surface area contributed by atoms with Gasteiger partial charge in [-0.05, 0) is 38.1 Å². The molecule has 18 heavy (non-hydrogen) atoms. The Hall–Kier alpha value is -1.88. The number of carbonyl (C=O) groups excluding carboxylic acids is 2. The zero-order valence-corrected chi connectivity index (χ0v) is 10.6. The predicted molar refractivity (Wildman–Crippen MR) is 66.5 cm³/mol. The fourth-order valence-electron chi connectivity index (χ4n) is 1.20. The number of ketones is 1. The molecule has 2 N–H and O–H groups in total. The van der Waals surface area contributed by atoms with Crippen molar-refractivity contribution in [3.63, 3.8) is 0 Å². The van der Waals surface area contributed by atoms with Crippen LogP contribution in [-0.4, -0.2) is 22.8 Å². The molecular formula is C12H12ClNO4. The fraction of sp³-hybridized carbons (Fsp3) is 0.250. The largest absolute Gasteiger partial charge is 0.480 e. The Bertz CT molecular complexity index is 481.